The van der Waals surface area contributed by atoms with E-state index in [0.29, 0.717) is 37.1 Å². The monoisotopic (exact) mass is 372 g/mol. The van der Waals surface area contributed by atoms with Crippen molar-refractivity contribution in [3.63, 3.8) is 0 Å². The maximum atomic E-state index is 13.7. The summed E-state index contributed by atoms with van der Waals surface area (Å²) in [7, 11) is 1.72. The third-order valence-corrected chi connectivity index (χ3v) is 4.94. The second-order valence-corrected chi connectivity index (χ2v) is 6.74. The fourth-order valence-electron chi connectivity index (χ4n) is 3.51. The van der Waals surface area contributed by atoms with Gasteiger partial charge in [0.15, 0.2) is 0 Å². The quantitative estimate of drug-likeness (QED) is 0.827. The lowest BCUT2D eigenvalue weighted by molar-refractivity contribution is -0.150. The standard InChI is InChI=1S/C21H22F2N2O2/c1-3-20(26)25-9-8-24(2)21(27)19(25)12-14-6-4-5-7-18(14)15-10-16(22)13-17(23)11-15/h4-7,10-11,13,19H,3,8-9,12H2,1-2H3/t19-/m0/s1. The Labute approximate surface area is 157 Å². The molecule has 1 atom stereocenters. The first-order valence-electron chi connectivity index (χ1n) is 8.99. The van der Waals surface area contributed by atoms with Gasteiger partial charge in [0.25, 0.3) is 0 Å². The number of carbonyl (C=O) groups is 2. The van der Waals surface area contributed by atoms with Gasteiger partial charge < -0.3 is 9.80 Å². The van der Waals surface area contributed by atoms with E-state index in [0.717, 1.165) is 11.6 Å². The van der Waals surface area contributed by atoms with Crippen molar-refractivity contribution in [3.05, 3.63) is 59.7 Å². The van der Waals surface area contributed by atoms with Gasteiger partial charge >= 0.3 is 0 Å². The lowest BCUT2D eigenvalue weighted by Gasteiger charge is -2.39. The highest BCUT2D eigenvalue weighted by molar-refractivity contribution is 5.89. The summed E-state index contributed by atoms with van der Waals surface area (Å²) in [4.78, 5) is 28.3. The zero-order valence-electron chi connectivity index (χ0n) is 15.4. The first-order valence-corrected chi connectivity index (χ1v) is 8.99. The van der Waals surface area contributed by atoms with Crippen LogP contribution in [0.25, 0.3) is 11.1 Å². The van der Waals surface area contributed by atoms with Crippen LogP contribution in [0.1, 0.15) is 18.9 Å². The summed E-state index contributed by atoms with van der Waals surface area (Å²) in [5.74, 6) is -1.51. The topological polar surface area (TPSA) is 40.6 Å². The molecule has 4 nitrogen and oxygen atoms in total. The molecular formula is C21H22F2N2O2. The highest BCUT2D eigenvalue weighted by atomic mass is 19.1. The Morgan fingerprint density at radius 1 is 1.11 bits per heavy atom. The highest BCUT2D eigenvalue weighted by Crippen LogP contribution is 2.28. The lowest BCUT2D eigenvalue weighted by atomic mass is 9.93. The molecule has 2 amide bonds. The molecule has 0 unspecified atom stereocenters. The van der Waals surface area contributed by atoms with Crippen LogP contribution in [0.15, 0.2) is 42.5 Å². The Balaban J connectivity index is 1.99. The molecule has 6 heteroatoms. The SMILES string of the molecule is CCC(=O)N1CCN(C)C(=O)[C@@H]1Cc1ccccc1-c1cc(F)cc(F)c1. The van der Waals surface area contributed by atoms with Gasteiger partial charge in [0, 0.05) is 39.0 Å². The Morgan fingerprint density at radius 3 is 2.44 bits per heavy atom. The van der Waals surface area contributed by atoms with E-state index in [1.807, 2.05) is 12.1 Å². The smallest absolute Gasteiger partial charge is 0.245 e. The molecule has 1 aliphatic heterocycles. The van der Waals surface area contributed by atoms with Gasteiger partial charge in [-0.15, -0.1) is 0 Å². The Morgan fingerprint density at radius 2 is 1.78 bits per heavy atom. The van der Waals surface area contributed by atoms with E-state index in [9.17, 15) is 18.4 Å². The summed E-state index contributed by atoms with van der Waals surface area (Å²) < 4.78 is 27.4. The number of benzene rings is 2. The van der Waals surface area contributed by atoms with E-state index < -0.39 is 17.7 Å². The minimum Gasteiger partial charge on any atom is -0.342 e. The van der Waals surface area contributed by atoms with E-state index in [1.165, 1.54) is 12.1 Å². The summed E-state index contributed by atoms with van der Waals surface area (Å²) in [5.41, 5.74) is 1.83. The zero-order chi connectivity index (χ0) is 19.6. The maximum Gasteiger partial charge on any atom is 0.245 e. The summed E-state index contributed by atoms with van der Waals surface area (Å²) in [6, 6.07) is 9.95. The second-order valence-electron chi connectivity index (χ2n) is 6.74. The molecule has 0 saturated carbocycles. The van der Waals surface area contributed by atoms with Crippen LogP contribution in [0.2, 0.25) is 0 Å². The van der Waals surface area contributed by atoms with E-state index in [1.54, 1.807) is 35.9 Å². The number of halogens is 2. The maximum absolute atomic E-state index is 13.7. The first kappa shape index (κ1) is 19.0. The Kier molecular flexibility index (Phi) is 5.54. The van der Waals surface area contributed by atoms with Crippen molar-refractivity contribution in [3.8, 4) is 11.1 Å². The molecule has 0 N–H and O–H groups in total. The van der Waals surface area contributed by atoms with Gasteiger partial charge in [-0.3, -0.25) is 9.59 Å². The van der Waals surface area contributed by atoms with Crippen molar-refractivity contribution in [2.45, 2.75) is 25.8 Å². The third-order valence-electron chi connectivity index (χ3n) is 4.94. The van der Waals surface area contributed by atoms with Gasteiger partial charge in [-0.05, 0) is 28.8 Å². The first-order chi connectivity index (χ1) is 12.9. The largest absolute Gasteiger partial charge is 0.342 e. The van der Waals surface area contributed by atoms with Gasteiger partial charge in [0.1, 0.15) is 17.7 Å². The van der Waals surface area contributed by atoms with Gasteiger partial charge in [-0.25, -0.2) is 8.78 Å². The average Bonchev–Trinajstić information content (AvgIpc) is 2.64. The normalized spacial score (nSPS) is 17.3. The van der Waals surface area contributed by atoms with E-state index >= 15 is 0 Å². The van der Waals surface area contributed by atoms with Crippen molar-refractivity contribution in [2.24, 2.45) is 0 Å². The Hall–Kier alpha value is -2.76. The number of hydrogen-bond acceptors (Lipinski definition) is 2. The minimum atomic E-state index is -0.656. The molecule has 0 radical (unpaired) electrons. The van der Waals surface area contributed by atoms with Crippen molar-refractivity contribution in [2.75, 3.05) is 20.1 Å². The fourth-order valence-corrected chi connectivity index (χ4v) is 3.51. The summed E-state index contributed by atoms with van der Waals surface area (Å²) in [6.45, 7) is 2.75. The molecule has 1 fully saturated rings. The molecule has 142 valence electrons. The minimum absolute atomic E-state index is 0.0734. The molecule has 2 aromatic rings. The highest BCUT2D eigenvalue weighted by Gasteiger charge is 2.35. The molecular weight excluding hydrogens is 350 g/mol. The van der Waals surface area contributed by atoms with Gasteiger partial charge in [-0.2, -0.15) is 0 Å². The van der Waals surface area contributed by atoms with E-state index in [2.05, 4.69) is 0 Å². The van der Waals surface area contributed by atoms with Crippen LogP contribution in [-0.4, -0.2) is 47.8 Å². The van der Waals surface area contributed by atoms with Gasteiger partial charge in [-0.1, -0.05) is 31.2 Å². The van der Waals surface area contributed by atoms with E-state index in [-0.39, 0.29) is 11.8 Å². The second kappa shape index (κ2) is 7.86. The van der Waals surface area contributed by atoms with Crippen molar-refractivity contribution >= 4 is 11.8 Å². The third kappa shape index (κ3) is 3.99. The molecule has 1 saturated heterocycles. The number of nitrogens with zero attached hydrogens (tertiary/aromatic N) is 2. The molecule has 2 aromatic carbocycles. The van der Waals surface area contributed by atoms with Crippen molar-refractivity contribution in [1.82, 2.24) is 9.80 Å². The van der Waals surface area contributed by atoms with Crippen LogP contribution in [-0.2, 0) is 16.0 Å². The number of hydrogen-bond donors (Lipinski definition) is 0. The molecule has 27 heavy (non-hydrogen) atoms. The molecule has 1 heterocycles. The number of carbonyl (C=O) groups excluding carboxylic acids is 2. The predicted octanol–water partition coefficient (Wildman–Crippen LogP) is 3.25. The Bertz CT molecular complexity index is 849. The zero-order valence-corrected chi connectivity index (χ0v) is 15.4. The number of likely N-dealkylation sites (N-methyl/N-ethyl adjacent to an activating group) is 1. The van der Waals surface area contributed by atoms with Crippen LogP contribution >= 0.6 is 0 Å². The predicted molar refractivity (Wildman–Crippen MR) is 98.9 cm³/mol. The molecule has 0 aliphatic carbocycles. The fraction of sp³-hybridized carbons (Fsp3) is 0.333. The van der Waals surface area contributed by atoms with Crippen molar-refractivity contribution < 1.29 is 18.4 Å². The molecule has 3 rings (SSSR count). The van der Waals surface area contributed by atoms with Crippen LogP contribution < -0.4 is 0 Å². The number of rotatable bonds is 4. The van der Waals surface area contributed by atoms with Crippen LogP contribution in [0.3, 0.4) is 0 Å². The summed E-state index contributed by atoms with van der Waals surface area (Å²) >= 11 is 0. The molecule has 0 spiro atoms. The average molecular weight is 372 g/mol. The van der Waals surface area contributed by atoms with Gasteiger partial charge in [0.2, 0.25) is 11.8 Å². The lowest BCUT2D eigenvalue weighted by Crippen LogP contribution is -2.58. The summed E-state index contributed by atoms with van der Waals surface area (Å²) in [6.07, 6.45) is 0.619. The van der Waals surface area contributed by atoms with Crippen molar-refractivity contribution in [1.29, 1.82) is 0 Å². The molecule has 0 aromatic heterocycles. The van der Waals surface area contributed by atoms with E-state index in [4.69, 9.17) is 0 Å². The van der Waals surface area contributed by atoms with Crippen LogP contribution in [0.4, 0.5) is 8.78 Å². The number of piperazine rings is 1. The van der Waals surface area contributed by atoms with Crippen LogP contribution in [0, 0.1) is 11.6 Å². The number of amides is 2. The van der Waals surface area contributed by atoms with Gasteiger partial charge in [0.05, 0.1) is 0 Å². The molecule has 1 aliphatic rings. The summed E-state index contributed by atoms with van der Waals surface area (Å²) in [5, 5.41) is 0. The molecule has 0 bridgehead atoms. The van der Waals surface area contributed by atoms with Crippen LogP contribution in [0.5, 0.6) is 0 Å².